The Morgan fingerprint density at radius 2 is 2.11 bits per heavy atom. The molecular weight excluding hydrogens is 415 g/mol. The Morgan fingerprint density at radius 1 is 1.37 bits per heavy atom. The average molecular weight is 427 g/mol. The zero-order chi connectivity index (χ0) is 14.0. The van der Waals surface area contributed by atoms with Crippen molar-refractivity contribution in [3.63, 3.8) is 0 Å². The summed E-state index contributed by atoms with van der Waals surface area (Å²) < 4.78 is 7.29. The summed E-state index contributed by atoms with van der Waals surface area (Å²) in [6.07, 6.45) is 0. The number of ether oxygens (including phenoxy) is 1. The fourth-order valence-electron chi connectivity index (χ4n) is 1.77. The maximum atomic E-state index is 6.03. The first kappa shape index (κ1) is 15.3. The Morgan fingerprint density at radius 3 is 2.63 bits per heavy atom. The topological polar surface area (TPSA) is 47.3 Å². The summed E-state index contributed by atoms with van der Waals surface area (Å²) in [5.41, 5.74) is 4.86. The van der Waals surface area contributed by atoms with Crippen LogP contribution in [0.15, 0.2) is 31.8 Å². The molecular formula is C12H11Br2ClN2OS. The number of hydrazine groups is 1. The number of rotatable bonds is 4. The standard InChI is InChI=1S/C12H11Br2ClN2OS/c1-18-9-4-6(2-3-8(9)15)11(17-16)7-5-10(13)19-12(7)14/h2-5,11,17H,16H2,1H3. The van der Waals surface area contributed by atoms with Crippen LogP contribution in [0.1, 0.15) is 17.2 Å². The van der Waals surface area contributed by atoms with Gasteiger partial charge >= 0.3 is 0 Å². The lowest BCUT2D eigenvalue weighted by atomic mass is 10.0. The van der Waals surface area contributed by atoms with E-state index in [-0.39, 0.29) is 6.04 Å². The van der Waals surface area contributed by atoms with Gasteiger partial charge in [0.05, 0.1) is 25.7 Å². The van der Waals surface area contributed by atoms with Crippen molar-refractivity contribution in [2.45, 2.75) is 6.04 Å². The van der Waals surface area contributed by atoms with E-state index in [4.69, 9.17) is 22.2 Å². The van der Waals surface area contributed by atoms with Crippen LogP contribution in [0, 0.1) is 0 Å². The van der Waals surface area contributed by atoms with Crippen molar-refractivity contribution >= 4 is 54.8 Å². The monoisotopic (exact) mass is 424 g/mol. The summed E-state index contributed by atoms with van der Waals surface area (Å²) in [5.74, 6) is 6.32. The van der Waals surface area contributed by atoms with E-state index < -0.39 is 0 Å². The Labute approximate surface area is 137 Å². The van der Waals surface area contributed by atoms with E-state index >= 15 is 0 Å². The molecule has 0 saturated carbocycles. The molecule has 1 aromatic carbocycles. The van der Waals surface area contributed by atoms with Crippen LogP contribution in [0.4, 0.5) is 0 Å². The Kier molecular flexibility index (Phi) is 5.28. The van der Waals surface area contributed by atoms with Crippen LogP contribution in [-0.4, -0.2) is 7.11 Å². The fraction of sp³-hybridized carbons (Fsp3) is 0.167. The van der Waals surface area contributed by atoms with Crippen LogP contribution < -0.4 is 16.0 Å². The van der Waals surface area contributed by atoms with Gasteiger partial charge in [-0.2, -0.15) is 0 Å². The second-order valence-corrected chi connectivity index (χ2v) is 7.93. The predicted octanol–water partition coefficient (Wildman–Crippen LogP) is 4.49. The van der Waals surface area contributed by atoms with E-state index in [1.54, 1.807) is 24.5 Å². The normalized spacial score (nSPS) is 12.5. The zero-order valence-corrected chi connectivity index (χ0v) is 14.7. The average Bonchev–Trinajstić information content (AvgIpc) is 2.71. The lowest BCUT2D eigenvalue weighted by molar-refractivity contribution is 0.414. The number of nitrogens with two attached hydrogens (primary N) is 1. The molecule has 19 heavy (non-hydrogen) atoms. The molecule has 0 saturated heterocycles. The van der Waals surface area contributed by atoms with Gasteiger partial charge in [-0.05, 0) is 55.6 Å². The summed E-state index contributed by atoms with van der Waals surface area (Å²) in [7, 11) is 1.59. The van der Waals surface area contributed by atoms with Gasteiger partial charge in [-0.15, -0.1) is 11.3 Å². The van der Waals surface area contributed by atoms with Crippen LogP contribution >= 0.6 is 54.8 Å². The van der Waals surface area contributed by atoms with Crippen molar-refractivity contribution < 1.29 is 4.74 Å². The molecule has 1 heterocycles. The zero-order valence-electron chi connectivity index (χ0n) is 9.91. The summed E-state index contributed by atoms with van der Waals surface area (Å²) >= 11 is 14.6. The first-order valence-corrected chi connectivity index (χ1v) is 8.09. The number of benzene rings is 1. The molecule has 2 rings (SSSR count). The minimum Gasteiger partial charge on any atom is -0.495 e. The van der Waals surface area contributed by atoms with Gasteiger partial charge in [-0.3, -0.25) is 5.84 Å². The van der Waals surface area contributed by atoms with E-state index in [1.807, 2.05) is 18.2 Å². The number of halogens is 3. The molecule has 0 fully saturated rings. The van der Waals surface area contributed by atoms with Gasteiger partial charge in [0, 0.05) is 5.56 Å². The largest absolute Gasteiger partial charge is 0.495 e. The Bertz CT molecular complexity index is 591. The van der Waals surface area contributed by atoms with Crippen molar-refractivity contribution in [3.8, 4) is 5.75 Å². The minimum absolute atomic E-state index is 0.136. The third kappa shape index (κ3) is 3.32. The van der Waals surface area contributed by atoms with Gasteiger partial charge in [0.1, 0.15) is 5.75 Å². The molecule has 0 spiro atoms. The van der Waals surface area contributed by atoms with E-state index in [9.17, 15) is 0 Å². The minimum atomic E-state index is -0.136. The van der Waals surface area contributed by atoms with E-state index in [1.165, 1.54) is 0 Å². The Balaban J connectivity index is 2.45. The molecule has 0 aliphatic carbocycles. The molecule has 0 aliphatic heterocycles. The number of methoxy groups -OCH3 is 1. The second kappa shape index (κ2) is 6.56. The predicted molar refractivity (Wildman–Crippen MR) is 86.9 cm³/mol. The maximum Gasteiger partial charge on any atom is 0.137 e. The van der Waals surface area contributed by atoms with Crippen molar-refractivity contribution in [2.24, 2.45) is 5.84 Å². The van der Waals surface area contributed by atoms with Gasteiger partial charge in [0.25, 0.3) is 0 Å². The van der Waals surface area contributed by atoms with Gasteiger partial charge in [0.2, 0.25) is 0 Å². The third-order valence-electron chi connectivity index (χ3n) is 2.67. The number of nitrogens with one attached hydrogen (secondary N) is 1. The molecule has 0 bridgehead atoms. The van der Waals surface area contributed by atoms with Crippen LogP contribution in [0.5, 0.6) is 5.75 Å². The second-order valence-electron chi connectivity index (χ2n) is 3.77. The van der Waals surface area contributed by atoms with E-state index in [0.717, 1.165) is 18.7 Å². The molecule has 1 unspecified atom stereocenters. The molecule has 0 amide bonds. The highest BCUT2D eigenvalue weighted by Crippen LogP contribution is 2.38. The molecule has 2 aromatic rings. The van der Waals surface area contributed by atoms with Gasteiger partial charge in [0.15, 0.2) is 0 Å². The van der Waals surface area contributed by atoms with Crippen molar-refractivity contribution in [1.29, 1.82) is 0 Å². The van der Waals surface area contributed by atoms with E-state index in [0.29, 0.717) is 10.8 Å². The van der Waals surface area contributed by atoms with Crippen molar-refractivity contribution in [3.05, 3.63) is 48.0 Å². The molecule has 0 aliphatic rings. The van der Waals surface area contributed by atoms with Gasteiger partial charge in [-0.25, -0.2) is 5.43 Å². The van der Waals surface area contributed by atoms with Crippen LogP contribution in [0.2, 0.25) is 5.02 Å². The molecule has 3 nitrogen and oxygen atoms in total. The molecule has 102 valence electrons. The molecule has 1 aromatic heterocycles. The smallest absolute Gasteiger partial charge is 0.137 e. The van der Waals surface area contributed by atoms with Crippen molar-refractivity contribution in [2.75, 3.05) is 7.11 Å². The van der Waals surface area contributed by atoms with Crippen LogP contribution in [-0.2, 0) is 0 Å². The fourth-order valence-corrected chi connectivity index (χ4v) is 4.87. The summed E-state index contributed by atoms with van der Waals surface area (Å²) in [4.78, 5) is 0. The summed E-state index contributed by atoms with van der Waals surface area (Å²) in [5, 5.41) is 0.576. The molecule has 7 heteroatoms. The Hall–Kier alpha value is -0.110. The van der Waals surface area contributed by atoms with E-state index in [2.05, 4.69) is 37.3 Å². The highest BCUT2D eigenvalue weighted by molar-refractivity contribution is 9.12. The lowest BCUT2D eigenvalue weighted by Gasteiger charge is -2.17. The first-order valence-electron chi connectivity index (χ1n) is 5.31. The summed E-state index contributed by atoms with van der Waals surface area (Å²) in [6, 6.07) is 7.50. The van der Waals surface area contributed by atoms with Gasteiger partial charge in [-0.1, -0.05) is 17.7 Å². The van der Waals surface area contributed by atoms with Crippen LogP contribution in [0.25, 0.3) is 0 Å². The van der Waals surface area contributed by atoms with Gasteiger partial charge < -0.3 is 4.74 Å². The molecule has 1 atom stereocenters. The first-order chi connectivity index (χ1) is 9.06. The number of hydrogen-bond donors (Lipinski definition) is 2. The summed E-state index contributed by atoms with van der Waals surface area (Å²) in [6.45, 7) is 0. The van der Waals surface area contributed by atoms with Crippen molar-refractivity contribution in [1.82, 2.24) is 5.43 Å². The number of hydrogen-bond acceptors (Lipinski definition) is 4. The quantitative estimate of drug-likeness (QED) is 0.560. The highest BCUT2D eigenvalue weighted by atomic mass is 79.9. The molecule has 3 N–H and O–H groups in total. The number of thiophene rings is 1. The maximum absolute atomic E-state index is 6.03. The highest BCUT2D eigenvalue weighted by Gasteiger charge is 2.19. The molecule has 0 radical (unpaired) electrons. The third-order valence-corrected chi connectivity index (χ3v) is 5.37. The van der Waals surface area contributed by atoms with Crippen LogP contribution in [0.3, 0.4) is 0 Å². The SMILES string of the molecule is COc1cc(C(NN)c2cc(Br)sc2Br)ccc1Cl. The lowest BCUT2D eigenvalue weighted by Crippen LogP contribution is -2.28.